The van der Waals surface area contributed by atoms with Crippen LogP contribution < -0.4 is 34.7 Å². The monoisotopic (exact) mass is 405 g/mol. The van der Waals surface area contributed by atoms with E-state index in [0.717, 1.165) is 12.8 Å². The normalized spacial score (nSPS) is 12.1. The van der Waals surface area contributed by atoms with Crippen LogP contribution in [0.5, 0.6) is 0 Å². The predicted octanol–water partition coefficient (Wildman–Crippen LogP) is 3.10. The molecular weight excluding hydrogens is 357 g/mol. The van der Waals surface area contributed by atoms with Crippen molar-refractivity contribution in [3.05, 3.63) is 0 Å². The summed E-state index contributed by atoms with van der Waals surface area (Å²) < 4.78 is 0. The number of carbonyl (C=O) groups excluding carboxylic acids is 1. The Bertz CT molecular complexity index is 310. The Kier molecular flexibility index (Phi) is 25.9. The van der Waals surface area contributed by atoms with E-state index in [4.69, 9.17) is 0 Å². The fourth-order valence-electron chi connectivity index (χ4n) is 3.99. The van der Waals surface area contributed by atoms with Crippen molar-refractivity contribution in [3.8, 4) is 0 Å². The van der Waals surface area contributed by atoms with Crippen LogP contribution in [0.15, 0.2) is 0 Å². The average molecular weight is 406 g/mol. The van der Waals surface area contributed by atoms with E-state index in [1.165, 1.54) is 103 Å². The van der Waals surface area contributed by atoms with Crippen LogP contribution in [-0.4, -0.2) is 30.0 Å². The van der Waals surface area contributed by atoms with Crippen molar-refractivity contribution < 1.29 is 39.5 Å². The molecule has 0 aliphatic carbocycles. The first-order chi connectivity index (χ1) is 13.2. The number of carboxylic acid groups (broad SMARTS) is 1. The van der Waals surface area contributed by atoms with Crippen molar-refractivity contribution in [1.82, 2.24) is 4.90 Å². The summed E-state index contributed by atoms with van der Waals surface area (Å²) in [6.45, 7) is 9.17. The summed E-state index contributed by atoms with van der Waals surface area (Å²) in [6.07, 6.45) is 20.4. The van der Waals surface area contributed by atoms with E-state index < -0.39 is 5.97 Å². The molecule has 0 aliphatic heterocycles. The second kappa shape index (κ2) is 23.7. The maximum Gasteiger partial charge on any atom is 1.00 e. The Morgan fingerprint density at radius 2 is 1.14 bits per heavy atom. The van der Waals surface area contributed by atoms with Gasteiger partial charge in [-0.2, -0.15) is 0 Å². The third-order valence-corrected chi connectivity index (χ3v) is 5.65. The van der Waals surface area contributed by atoms with Gasteiger partial charge in [-0.05, 0) is 51.6 Å². The molecule has 0 rings (SSSR count). The Morgan fingerprint density at radius 3 is 1.57 bits per heavy atom. The second-order valence-corrected chi connectivity index (χ2v) is 8.28. The minimum absolute atomic E-state index is 0. The smallest absolute Gasteiger partial charge is 0.550 e. The van der Waals surface area contributed by atoms with Gasteiger partial charge in [0.25, 0.3) is 0 Å². The Labute approximate surface area is 198 Å². The SMILES string of the molecule is CCCCCCCCN(CCCCCCCC)C(CCC)CCCC(=O)[O-].[Na+]. The quantitative estimate of drug-likeness (QED) is 0.218. The molecule has 0 fully saturated rings. The summed E-state index contributed by atoms with van der Waals surface area (Å²) in [7, 11) is 0. The number of hydrogen-bond acceptors (Lipinski definition) is 3. The molecule has 0 saturated carbocycles. The second-order valence-electron chi connectivity index (χ2n) is 8.28. The summed E-state index contributed by atoms with van der Waals surface area (Å²) in [4.78, 5) is 13.5. The van der Waals surface area contributed by atoms with E-state index in [1.54, 1.807) is 0 Å². The summed E-state index contributed by atoms with van der Waals surface area (Å²) in [5.74, 6) is -0.899. The summed E-state index contributed by atoms with van der Waals surface area (Å²) in [5, 5.41) is 10.8. The summed E-state index contributed by atoms with van der Waals surface area (Å²) in [6, 6.07) is 0.556. The van der Waals surface area contributed by atoms with Gasteiger partial charge in [0, 0.05) is 12.0 Å². The van der Waals surface area contributed by atoms with Crippen molar-refractivity contribution in [1.29, 1.82) is 0 Å². The zero-order chi connectivity index (χ0) is 20.2. The number of carboxylic acids is 1. The molecule has 0 radical (unpaired) electrons. The average Bonchev–Trinajstić information content (AvgIpc) is 2.64. The molecule has 0 aromatic rings. The van der Waals surface area contributed by atoms with Crippen molar-refractivity contribution in [3.63, 3.8) is 0 Å². The Morgan fingerprint density at radius 1 is 0.679 bits per heavy atom. The van der Waals surface area contributed by atoms with Gasteiger partial charge in [0.2, 0.25) is 0 Å². The molecule has 28 heavy (non-hydrogen) atoms. The van der Waals surface area contributed by atoms with E-state index in [-0.39, 0.29) is 36.0 Å². The number of rotatable bonds is 21. The molecule has 0 spiro atoms. The van der Waals surface area contributed by atoms with Gasteiger partial charge >= 0.3 is 29.6 Å². The largest absolute Gasteiger partial charge is 1.00 e. The van der Waals surface area contributed by atoms with Gasteiger partial charge in [0.1, 0.15) is 0 Å². The van der Waals surface area contributed by atoms with E-state index in [0.29, 0.717) is 6.04 Å². The first-order valence-corrected chi connectivity index (χ1v) is 12.1. The van der Waals surface area contributed by atoms with Crippen LogP contribution in [0.4, 0.5) is 0 Å². The Balaban J connectivity index is 0. The number of hydrogen-bond donors (Lipinski definition) is 0. The molecule has 1 atom stereocenters. The topological polar surface area (TPSA) is 43.4 Å². The van der Waals surface area contributed by atoms with Crippen molar-refractivity contribution in [2.45, 2.75) is 136 Å². The zero-order valence-corrected chi connectivity index (χ0v) is 21.8. The summed E-state index contributed by atoms with van der Waals surface area (Å²) in [5.41, 5.74) is 0. The van der Waals surface area contributed by atoms with Crippen LogP contribution in [0.1, 0.15) is 130 Å². The van der Waals surface area contributed by atoms with Gasteiger partial charge in [-0.25, -0.2) is 0 Å². The van der Waals surface area contributed by atoms with Gasteiger partial charge < -0.3 is 14.8 Å². The molecule has 0 aromatic carbocycles. The molecule has 0 aliphatic rings. The maximum atomic E-state index is 10.8. The molecule has 1 unspecified atom stereocenters. The van der Waals surface area contributed by atoms with E-state index in [9.17, 15) is 9.90 Å². The van der Waals surface area contributed by atoms with Crippen LogP contribution in [0.3, 0.4) is 0 Å². The van der Waals surface area contributed by atoms with E-state index in [1.807, 2.05) is 0 Å². The molecule has 3 nitrogen and oxygen atoms in total. The first kappa shape index (κ1) is 30.6. The fourth-order valence-corrected chi connectivity index (χ4v) is 3.99. The standard InChI is InChI=1S/C24H49NO2.Na/c1-4-7-9-11-13-15-21-25(22-16-14-12-10-8-5-2)23(18-6-3)19-17-20-24(26)27;/h23H,4-22H2,1-3H3,(H,26,27);/q;+1/p-1. The first-order valence-electron chi connectivity index (χ1n) is 12.1. The third kappa shape index (κ3) is 19.7. The van der Waals surface area contributed by atoms with Crippen LogP contribution in [0, 0.1) is 0 Å². The molecule has 0 saturated heterocycles. The van der Waals surface area contributed by atoms with Crippen LogP contribution in [0.2, 0.25) is 0 Å². The Hall–Kier alpha value is 0.430. The number of aliphatic carboxylic acids is 1. The van der Waals surface area contributed by atoms with Gasteiger partial charge in [-0.15, -0.1) is 0 Å². The van der Waals surface area contributed by atoms with E-state index >= 15 is 0 Å². The minimum atomic E-state index is -0.899. The molecule has 4 heteroatoms. The van der Waals surface area contributed by atoms with Crippen molar-refractivity contribution >= 4 is 5.97 Å². The number of unbranched alkanes of at least 4 members (excludes halogenated alkanes) is 10. The zero-order valence-electron chi connectivity index (χ0n) is 19.8. The molecule has 0 heterocycles. The number of carbonyl (C=O) groups is 1. The van der Waals surface area contributed by atoms with Gasteiger partial charge in [0.05, 0.1) is 0 Å². The van der Waals surface area contributed by atoms with Gasteiger partial charge in [-0.1, -0.05) is 91.4 Å². The van der Waals surface area contributed by atoms with Crippen LogP contribution in [-0.2, 0) is 4.79 Å². The predicted molar refractivity (Wildman–Crippen MR) is 116 cm³/mol. The molecule has 0 amide bonds. The molecular formula is C24H48NNaO2. The maximum absolute atomic E-state index is 10.8. The van der Waals surface area contributed by atoms with Gasteiger partial charge in [0.15, 0.2) is 0 Å². The fraction of sp³-hybridized carbons (Fsp3) is 0.958. The van der Waals surface area contributed by atoms with Crippen molar-refractivity contribution in [2.75, 3.05) is 13.1 Å². The molecule has 0 N–H and O–H groups in total. The minimum Gasteiger partial charge on any atom is -0.550 e. The van der Waals surface area contributed by atoms with Crippen LogP contribution in [0.25, 0.3) is 0 Å². The molecule has 0 bridgehead atoms. The third-order valence-electron chi connectivity index (χ3n) is 5.65. The number of nitrogens with zero attached hydrogens (tertiary/aromatic N) is 1. The van der Waals surface area contributed by atoms with Crippen molar-refractivity contribution in [2.24, 2.45) is 0 Å². The van der Waals surface area contributed by atoms with Crippen LogP contribution >= 0.6 is 0 Å². The van der Waals surface area contributed by atoms with E-state index in [2.05, 4.69) is 25.7 Å². The summed E-state index contributed by atoms with van der Waals surface area (Å²) >= 11 is 0. The van der Waals surface area contributed by atoms with Gasteiger partial charge in [-0.3, -0.25) is 0 Å². The molecule has 162 valence electrons. The molecule has 0 aromatic heterocycles.